The smallest absolute Gasteiger partial charge is 0.252 e. The molecule has 1 saturated carbocycles. The highest BCUT2D eigenvalue weighted by atomic mass is 32.2. The van der Waals surface area contributed by atoms with Crippen LogP contribution in [0.3, 0.4) is 0 Å². The van der Waals surface area contributed by atoms with E-state index in [1.807, 2.05) is 0 Å². The van der Waals surface area contributed by atoms with Gasteiger partial charge in [0.1, 0.15) is 4.21 Å². The van der Waals surface area contributed by atoms with Gasteiger partial charge in [0.15, 0.2) is 0 Å². The number of amides is 1. The second kappa shape index (κ2) is 7.11. The minimum absolute atomic E-state index is 0.0856. The highest BCUT2D eigenvalue weighted by Crippen LogP contribution is 2.26. The third-order valence-electron chi connectivity index (χ3n) is 4.42. The van der Waals surface area contributed by atoms with E-state index >= 15 is 0 Å². The zero-order valence-electron chi connectivity index (χ0n) is 12.9. The topological polar surface area (TPSA) is 78.8 Å². The molecule has 1 aromatic heterocycles. The minimum atomic E-state index is -3.40. The third kappa shape index (κ3) is 3.81. The number of hydrogen-bond donors (Lipinski definition) is 1. The van der Waals surface area contributed by atoms with E-state index < -0.39 is 10.0 Å². The molecule has 0 radical (unpaired) electrons. The Morgan fingerprint density at radius 1 is 1.26 bits per heavy atom. The van der Waals surface area contributed by atoms with Gasteiger partial charge in [-0.05, 0) is 50.0 Å². The Kier molecular flexibility index (Phi) is 5.13. The van der Waals surface area contributed by atoms with Gasteiger partial charge in [-0.1, -0.05) is 6.07 Å². The second-order valence-corrected chi connectivity index (χ2v) is 9.08. The molecular weight excluding hydrogens is 334 g/mol. The predicted molar refractivity (Wildman–Crippen MR) is 89.8 cm³/mol. The second-order valence-electron chi connectivity index (χ2n) is 5.97. The molecule has 1 saturated heterocycles. The van der Waals surface area contributed by atoms with E-state index in [9.17, 15) is 13.2 Å². The number of rotatable bonds is 4. The average Bonchev–Trinajstić information content (AvgIpc) is 3.26. The Balaban J connectivity index is 1.54. The lowest BCUT2D eigenvalue weighted by Crippen LogP contribution is -2.42. The SMILES string of the molecule is O=C(NN=C1CCCC1)C1CCN(S(=O)(=O)c2cccs2)CC1. The quantitative estimate of drug-likeness (QED) is 0.841. The van der Waals surface area contributed by atoms with Gasteiger partial charge in [-0.2, -0.15) is 9.41 Å². The van der Waals surface area contributed by atoms with Gasteiger partial charge >= 0.3 is 0 Å². The maximum Gasteiger partial charge on any atom is 0.252 e. The first-order valence-electron chi connectivity index (χ1n) is 7.96. The molecule has 0 spiro atoms. The molecule has 0 atom stereocenters. The molecule has 2 fully saturated rings. The van der Waals surface area contributed by atoms with Crippen LogP contribution in [-0.2, 0) is 14.8 Å². The summed E-state index contributed by atoms with van der Waals surface area (Å²) >= 11 is 1.23. The van der Waals surface area contributed by atoms with Crippen molar-refractivity contribution in [3.05, 3.63) is 17.5 Å². The monoisotopic (exact) mass is 355 g/mol. The number of hydrogen-bond acceptors (Lipinski definition) is 5. The Hall–Kier alpha value is -1.25. The fraction of sp³-hybridized carbons (Fsp3) is 0.600. The molecule has 1 aliphatic carbocycles. The van der Waals surface area contributed by atoms with Crippen LogP contribution in [0.1, 0.15) is 38.5 Å². The summed E-state index contributed by atoms with van der Waals surface area (Å²) in [5.41, 5.74) is 3.72. The van der Waals surface area contributed by atoms with Gasteiger partial charge in [-0.25, -0.2) is 13.8 Å². The van der Waals surface area contributed by atoms with Crippen molar-refractivity contribution < 1.29 is 13.2 Å². The molecule has 1 N–H and O–H groups in total. The van der Waals surface area contributed by atoms with Gasteiger partial charge in [0.05, 0.1) is 0 Å². The lowest BCUT2D eigenvalue weighted by molar-refractivity contribution is -0.126. The standard InChI is InChI=1S/C15H21N3O3S2/c19-15(17-16-13-4-1-2-5-13)12-7-9-18(10-8-12)23(20,21)14-6-3-11-22-14/h3,6,11-12H,1-2,4-5,7-10H2,(H,17,19). The summed E-state index contributed by atoms with van der Waals surface area (Å²) in [5, 5.41) is 5.95. The highest BCUT2D eigenvalue weighted by Gasteiger charge is 2.32. The van der Waals surface area contributed by atoms with Crippen LogP contribution in [0.5, 0.6) is 0 Å². The van der Waals surface area contributed by atoms with Gasteiger partial charge in [0.2, 0.25) is 5.91 Å². The maximum absolute atomic E-state index is 12.4. The first-order chi connectivity index (χ1) is 11.1. The Labute approximate surface area is 140 Å². The van der Waals surface area contributed by atoms with Crippen molar-refractivity contribution in [1.29, 1.82) is 0 Å². The van der Waals surface area contributed by atoms with Gasteiger partial charge in [-0.3, -0.25) is 4.79 Å². The van der Waals surface area contributed by atoms with E-state index in [0.717, 1.165) is 31.4 Å². The zero-order chi connectivity index (χ0) is 16.3. The highest BCUT2D eigenvalue weighted by molar-refractivity contribution is 7.91. The maximum atomic E-state index is 12.4. The lowest BCUT2D eigenvalue weighted by atomic mass is 9.98. The van der Waals surface area contributed by atoms with Crippen LogP contribution in [0.4, 0.5) is 0 Å². The van der Waals surface area contributed by atoms with E-state index in [1.54, 1.807) is 17.5 Å². The summed E-state index contributed by atoms with van der Waals surface area (Å²) in [6, 6.07) is 3.36. The fourth-order valence-electron chi connectivity index (χ4n) is 3.02. The largest absolute Gasteiger partial charge is 0.273 e. The first kappa shape index (κ1) is 16.6. The molecule has 0 bridgehead atoms. The van der Waals surface area contributed by atoms with E-state index in [1.165, 1.54) is 15.6 Å². The van der Waals surface area contributed by atoms with E-state index in [2.05, 4.69) is 10.5 Å². The molecule has 0 aromatic carbocycles. The zero-order valence-corrected chi connectivity index (χ0v) is 14.5. The molecule has 2 heterocycles. The van der Waals surface area contributed by atoms with Crippen LogP contribution < -0.4 is 5.43 Å². The summed E-state index contributed by atoms with van der Waals surface area (Å²) in [5.74, 6) is -0.242. The molecule has 1 aromatic rings. The van der Waals surface area contributed by atoms with Crippen LogP contribution >= 0.6 is 11.3 Å². The van der Waals surface area contributed by atoms with E-state index in [0.29, 0.717) is 30.1 Å². The lowest BCUT2D eigenvalue weighted by Gasteiger charge is -2.29. The molecule has 0 unspecified atom stereocenters. The van der Waals surface area contributed by atoms with Crippen molar-refractivity contribution >= 4 is 33.0 Å². The van der Waals surface area contributed by atoms with Crippen LogP contribution in [0.2, 0.25) is 0 Å². The van der Waals surface area contributed by atoms with Crippen LogP contribution in [0.25, 0.3) is 0 Å². The summed E-state index contributed by atoms with van der Waals surface area (Å²) in [6.07, 6.45) is 5.32. The molecule has 1 aliphatic heterocycles. The van der Waals surface area contributed by atoms with Crippen LogP contribution in [0, 0.1) is 5.92 Å². The van der Waals surface area contributed by atoms with E-state index in [4.69, 9.17) is 0 Å². The van der Waals surface area contributed by atoms with Crippen molar-refractivity contribution in [3.8, 4) is 0 Å². The first-order valence-corrected chi connectivity index (χ1v) is 10.3. The molecule has 2 aliphatic rings. The molecule has 1 amide bonds. The minimum Gasteiger partial charge on any atom is -0.273 e. The van der Waals surface area contributed by atoms with Gasteiger partial charge in [0, 0.05) is 24.7 Å². The summed E-state index contributed by atoms with van der Waals surface area (Å²) in [6.45, 7) is 0.768. The number of nitrogens with one attached hydrogen (secondary N) is 1. The van der Waals surface area contributed by atoms with Crippen molar-refractivity contribution in [2.24, 2.45) is 11.0 Å². The molecule has 3 rings (SSSR count). The number of hydrazone groups is 1. The Bertz CT molecular complexity index is 667. The summed E-state index contributed by atoms with van der Waals surface area (Å²) in [4.78, 5) is 12.2. The molecule has 23 heavy (non-hydrogen) atoms. The Morgan fingerprint density at radius 2 is 1.96 bits per heavy atom. The van der Waals surface area contributed by atoms with Gasteiger partial charge < -0.3 is 0 Å². The summed E-state index contributed by atoms with van der Waals surface area (Å²) < 4.78 is 26.7. The predicted octanol–water partition coefficient (Wildman–Crippen LogP) is 2.20. The molecule has 6 nitrogen and oxygen atoms in total. The van der Waals surface area contributed by atoms with Crippen molar-refractivity contribution in [2.75, 3.05) is 13.1 Å². The number of piperidine rings is 1. The van der Waals surface area contributed by atoms with Gasteiger partial charge in [0.25, 0.3) is 10.0 Å². The number of thiophene rings is 1. The third-order valence-corrected chi connectivity index (χ3v) is 7.69. The fourth-order valence-corrected chi connectivity index (χ4v) is 5.63. The average molecular weight is 355 g/mol. The van der Waals surface area contributed by atoms with Crippen molar-refractivity contribution in [3.63, 3.8) is 0 Å². The molecule has 8 heteroatoms. The normalized spacial score (nSPS) is 20.6. The van der Waals surface area contributed by atoms with Gasteiger partial charge in [-0.15, -0.1) is 11.3 Å². The summed E-state index contributed by atoms with van der Waals surface area (Å²) in [7, 11) is -3.40. The molecular formula is C15H21N3O3S2. The van der Waals surface area contributed by atoms with E-state index in [-0.39, 0.29) is 11.8 Å². The van der Waals surface area contributed by atoms with Crippen molar-refractivity contribution in [2.45, 2.75) is 42.7 Å². The molecule has 126 valence electrons. The van der Waals surface area contributed by atoms with Crippen molar-refractivity contribution in [1.82, 2.24) is 9.73 Å². The number of carbonyl (C=O) groups excluding carboxylic acids is 1. The Morgan fingerprint density at radius 3 is 2.57 bits per heavy atom. The van der Waals surface area contributed by atoms with Crippen LogP contribution in [0.15, 0.2) is 26.8 Å². The van der Waals surface area contributed by atoms with Crippen LogP contribution in [-0.4, -0.2) is 37.4 Å². The number of carbonyl (C=O) groups is 1. The number of nitrogens with zero attached hydrogens (tertiary/aromatic N) is 2. The number of sulfonamides is 1.